The summed E-state index contributed by atoms with van der Waals surface area (Å²) in [4.78, 5) is 14.3. The smallest absolute Gasteiger partial charge is 0.206 e. The standard InChI is InChI=1S/C15H11NO3S/c17-10-11-9-16-15-7-6-13(8-14(11)15)20(18,19)12-4-2-1-3-5-12/h1-10,16H. The van der Waals surface area contributed by atoms with E-state index in [0.29, 0.717) is 17.2 Å². The van der Waals surface area contributed by atoms with Crippen LogP contribution in [0, 0.1) is 0 Å². The van der Waals surface area contributed by atoms with Crippen molar-refractivity contribution in [2.24, 2.45) is 0 Å². The van der Waals surface area contributed by atoms with Crippen molar-refractivity contribution < 1.29 is 13.2 Å². The molecule has 20 heavy (non-hydrogen) atoms. The summed E-state index contributed by atoms with van der Waals surface area (Å²) in [6, 6.07) is 13.0. The Labute approximate surface area is 116 Å². The molecule has 0 aliphatic carbocycles. The van der Waals surface area contributed by atoms with Gasteiger partial charge in [0.1, 0.15) is 0 Å². The third-order valence-electron chi connectivity index (χ3n) is 3.18. The normalized spacial score (nSPS) is 11.6. The van der Waals surface area contributed by atoms with Gasteiger partial charge in [0.25, 0.3) is 0 Å². The first kappa shape index (κ1) is 12.6. The molecule has 0 saturated carbocycles. The zero-order valence-corrected chi connectivity index (χ0v) is 11.2. The van der Waals surface area contributed by atoms with Crippen LogP contribution in [-0.2, 0) is 9.84 Å². The molecule has 0 amide bonds. The Morgan fingerprint density at radius 2 is 1.70 bits per heavy atom. The summed E-state index contributed by atoms with van der Waals surface area (Å²) in [5, 5.41) is 0.608. The van der Waals surface area contributed by atoms with Gasteiger partial charge in [-0.25, -0.2) is 8.42 Å². The minimum atomic E-state index is -3.56. The fourth-order valence-electron chi connectivity index (χ4n) is 2.12. The van der Waals surface area contributed by atoms with E-state index >= 15 is 0 Å². The lowest BCUT2D eigenvalue weighted by Crippen LogP contribution is -2.01. The van der Waals surface area contributed by atoms with Crippen LogP contribution in [0.15, 0.2) is 64.5 Å². The molecule has 2 aromatic carbocycles. The maximum atomic E-state index is 12.5. The predicted molar refractivity (Wildman–Crippen MR) is 75.6 cm³/mol. The lowest BCUT2D eigenvalue weighted by molar-refractivity contribution is 0.112. The SMILES string of the molecule is O=Cc1c[nH]c2ccc(S(=O)(=O)c3ccccc3)cc12. The van der Waals surface area contributed by atoms with Crippen LogP contribution in [-0.4, -0.2) is 19.7 Å². The number of aldehydes is 1. The Hall–Kier alpha value is -2.40. The highest BCUT2D eigenvalue weighted by Crippen LogP contribution is 2.25. The molecule has 1 aromatic heterocycles. The van der Waals surface area contributed by atoms with Crippen LogP contribution in [0.4, 0.5) is 0 Å². The van der Waals surface area contributed by atoms with E-state index in [-0.39, 0.29) is 9.79 Å². The minimum Gasteiger partial charge on any atom is -0.360 e. The number of benzene rings is 2. The summed E-state index contributed by atoms with van der Waals surface area (Å²) in [5.74, 6) is 0. The molecule has 4 nitrogen and oxygen atoms in total. The van der Waals surface area contributed by atoms with Crippen molar-refractivity contribution in [3.05, 3.63) is 60.3 Å². The van der Waals surface area contributed by atoms with Crippen LogP contribution in [0.25, 0.3) is 10.9 Å². The van der Waals surface area contributed by atoms with E-state index in [1.165, 1.54) is 12.1 Å². The molecule has 3 rings (SSSR count). The number of sulfone groups is 1. The van der Waals surface area contributed by atoms with Crippen LogP contribution in [0.2, 0.25) is 0 Å². The van der Waals surface area contributed by atoms with Gasteiger partial charge in [-0.3, -0.25) is 4.79 Å². The van der Waals surface area contributed by atoms with Gasteiger partial charge in [0.05, 0.1) is 9.79 Å². The Balaban J connectivity index is 2.22. The molecule has 0 bridgehead atoms. The van der Waals surface area contributed by atoms with E-state index in [1.807, 2.05) is 0 Å². The van der Waals surface area contributed by atoms with E-state index in [0.717, 1.165) is 5.52 Å². The van der Waals surface area contributed by atoms with Crippen molar-refractivity contribution in [1.29, 1.82) is 0 Å². The number of hydrogen-bond donors (Lipinski definition) is 1. The molecule has 1 N–H and O–H groups in total. The van der Waals surface area contributed by atoms with Gasteiger partial charge in [-0.15, -0.1) is 0 Å². The van der Waals surface area contributed by atoms with Crippen molar-refractivity contribution >= 4 is 27.0 Å². The molecular formula is C15H11NO3S. The second-order valence-corrected chi connectivity index (χ2v) is 6.34. The van der Waals surface area contributed by atoms with Crippen LogP contribution in [0.5, 0.6) is 0 Å². The predicted octanol–water partition coefficient (Wildman–Crippen LogP) is 2.81. The first-order valence-electron chi connectivity index (χ1n) is 5.99. The van der Waals surface area contributed by atoms with Gasteiger partial charge in [0, 0.05) is 22.7 Å². The largest absolute Gasteiger partial charge is 0.360 e. The average molecular weight is 285 g/mol. The van der Waals surface area contributed by atoms with Crippen molar-refractivity contribution in [3.63, 3.8) is 0 Å². The van der Waals surface area contributed by atoms with E-state index in [2.05, 4.69) is 4.98 Å². The molecule has 0 fully saturated rings. The average Bonchev–Trinajstić information content (AvgIpc) is 2.90. The highest BCUT2D eigenvalue weighted by atomic mass is 32.2. The molecule has 0 saturated heterocycles. The third kappa shape index (κ3) is 1.92. The van der Waals surface area contributed by atoms with Gasteiger partial charge in [-0.2, -0.15) is 0 Å². The van der Waals surface area contributed by atoms with Gasteiger partial charge in [-0.1, -0.05) is 18.2 Å². The van der Waals surface area contributed by atoms with Crippen molar-refractivity contribution in [2.45, 2.75) is 9.79 Å². The monoisotopic (exact) mass is 285 g/mol. The molecule has 0 spiro atoms. The first-order valence-corrected chi connectivity index (χ1v) is 7.48. The number of fused-ring (bicyclic) bond motifs is 1. The summed E-state index contributed by atoms with van der Waals surface area (Å²) in [6.07, 6.45) is 2.27. The Kier molecular flexibility index (Phi) is 2.91. The molecule has 0 radical (unpaired) electrons. The zero-order valence-electron chi connectivity index (χ0n) is 10.4. The van der Waals surface area contributed by atoms with E-state index in [9.17, 15) is 13.2 Å². The zero-order chi connectivity index (χ0) is 14.2. The second-order valence-electron chi connectivity index (χ2n) is 4.39. The van der Waals surface area contributed by atoms with Crippen LogP contribution in [0.1, 0.15) is 10.4 Å². The molecule has 5 heteroatoms. The fraction of sp³-hybridized carbons (Fsp3) is 0. The molecule has 0 unspecified atom stereocenters. The fourth-order valence-corrected chi connectivity index (χ4v) is 3.43. The molecule has 0 aliphatic rings. The van der Waals surface area contributed by atoms with Crippen LogP contribution < -0.4 is 0 Å². The van der Waals surface area contributed by atoms with E-state index in [4.69, 9.17) is 0 Å². The summed E-state index contributed by atoms with van der Waals surface area (Å²) < 4.78 is 25.0. The van der Waals surface area contributed by atoms with Crippen molar-refractivity contribution in [2.75, 3.05) is 0 Å². The number of hydrogen-bond acceptors (Lipinski definition) is 3. The topological polar surface area (TPSA) is 67.0 Å². The highest BCUT2D eigenvalue weighted by Gasteiger charge is 2.18. The summed E-state index contributed by atoms with van der Waals surface area (Å²) in [6.45, 7) is 0. The Morgan fingerprint density at radius 3 is 2.40 bits per heavy atom. The van der Waals surface area contributed by atoms with Crippen molar-refractivity contribution in [3.8, 4) is 0 Å². The number of H-pyrrole nitrogens is 1. The van der Waals surface area contributed by atoms with Gasteiger partial charge in [-0.05, 0) is 30.3 Å². The summed E-state index contributed by atoms with van der Waals surface area (Å²) in [7, 11) is -3.56. The summed E-state index contributed by atoms with van der Waals surface area (Å²) >= 11 is 0. The molecule has 0 aliphatic heterocycles. The van der Waals surface area contributed by atoms with Crippen molar-refractivity contribution in [1.82, 2.24) is 4.98 Å². The molecule has 100 valence electrons. The number of rotatable bonds is 3. The lowest BCUT2D eigenvalue weighted by Gasteiger charge is -2.04. The maximum Gasteiger partial charge on any atom is 0.206 e. The van der Waals surface area contributed by atoms with Gasteiger partial charge in [0.2, 0.25) is 9.84 Å². The number of aromatic nitrogens is 1. The molecular weight excluding hydrogens is 274 g/mol. The highest BCUT2D eigenvalue weighted by molar-refractivity contribution is 7.91. The maximum absolute atomic E-state index is 12.5. The van der Waals surface area contributed by atoms with Gasteiger partial charge >= 0.3 is 0 Å². The summed E-state index contributed by atoms with van der Waals surface area (Å²) in [5.41, 5.74) is 1.18. The van der Waals surface area contributed by atoms with Gasteiger partial charge < -0.3 is 4.98 Å². The van der Waals surface area contributed by atoms with Crippen LogP contribution >= 0.6 is 0 Å². The lowest BCUT2D eigenvalue weighted by atomic mass is 10.2. The Bertz CT molecular complexity index is 880. The van der Waals surface area contributed by atoms with E-state index in [1.54, 1.807) is 42.6 Å². The van der Waals surface area contributed by atoms with Crippen LogP contribution in [0.3, 0.4) is 0 Å². The van der Waals surface area contributed by atoms with Gasteiger partial charge in [0.15, 0.2) is 6.29 Å². The van der Waals surface area contributed by atoms with E-state index < -0.39 is 9.84 Å². The number of aromatic amines is 1. The molecule has 1 heterocycles. The minimum absolute atomic E-state index is 0.180. The molecule has 0 atom stereocenters. The first-order chi connectivity index (χ1) is 9.63. The number of carbonyl (C=O) groups is 1. The number of carbonyl (C=O) groups excluding carboxylic acids is 1. The quantitative estimate of drug-likeness (QED) is 0.752. The number of nitrogens with one attached hydrogen (secondary N) is 1. The third-order valence-corrected chi connectivity index (χ3v) is 4.94. The molecule has 3 aromatic rings. The second kappa shape index (κ2) is 4.61. The Morgan fingerprint density at radius 1 is 0.950 bits per heavy atom.